The van der Waals surface area contributed by atoms with E-state index in [2.05, 4.69) is 23.5 Å². The summed E-state index contributed by atoms with van der Waals surface area (Å²) in [7, 11) is 0. The maximum absolute atomic E-state index is 12.6. The van der Waals surface area contributed by atoms with Crippen molar-refractivity contribution in [3.05, 3.63) is 90.5 Å². The first-order valence-electron chi connectivity index (χ1n) is 12.6. The van der Waals surface area contributed by atoms with Gasteiger partial charge < -0.3 is 14.5 Å². The number of amides is 1. The van der Waals surface area contributed by atoms with E-state index in [1.54, 1.807) is 0 Å². The zero-order valence-corrected chi connectivity index (χ0v) is 20.1. The van der Waals surface area contributed by atoms with Crippen molar-refractivity contribution in [3.8, 4) is 17.2 Å². The van der Waals surface area contributed by atoms with E-state index in [1.165, 1.54) is 37.7 Å². The van der Waals surface area contributed by atoms with Gasteiger partial charge in [-0.3, -0.25) is 4.79 Å². The van der Waals surface area contributed by atoms with E-state index in [0.717, 1.165) is 27.4 Å². The molecule has 4 aromatic carbocycles. The second kappa shape index (κ2) is 9.86. The minimum Gasteiger partial charge on any atom is -0.484 e. The molecule has 5 heteroatoms. The van der Waals surface area contributed by atoms with Crippen molar-refractivity contribution in [2.45, 2.75) is 38.0 Å². The molecule has 0 spiro atoms. The highest BCUT2D eigenvalue weighted by atomic mass is 16.5. The Balaban J connectivity index is 1.11. The lowest BCUT2D eigenvalue weighted by Crippen LogP contribution is -2.20. The van der Waals surface area contributed by atoms with Crippen LogP contribution in [0, 0.1) is 0 Å². The van der Waals surface area contributed by atoms with Gasteiger partial charge in [0.2, 0.25) is 5.89 Å². The molecule has 0 bridgehead atoms. The Morgan fingerprint density at radius 1 is 0.917 bits per heavy atom. The molecule has 1 N–H and O–H groups in total. The normalized spacial score (nSPS) is 14.2. The van der Waals surface area contributed by atoms with Gasteiger partial charge in [-0.05, 0) is 66.1 Å². The van der Waals surface area contributed by atoms with E-state index in [4.69, 9.17) is 14.1 Å². The SMILES string of the molecule is O=C(COc1ccc(C2CCCCC2)cc1)Nc1cccc(-c2nc3c(ccc4ccccc43)o2)c1. The molecule has 5 nitrogen and oxygen atoms in total. The molecule has 0 unspecified atom stereocenters. The minimum absolute atomic E-state index is 0.0537. The van der Waals surface area contributed by atoms with Crippen molar-refractivity contribution in [3.63, 3.8) is 0 Å². The highest BCUT2D eigenvalue weighted by Crippen LogP contribution is 2.33. The smallest absolute Gasteiger partial charge is 0.262 e. The number of benzene rings is 4. The third-order valence-corrected chi connectivity index (χ3v) is 7.00. The Morgan fingerprint density at radius 3 is 2.61 bits per heavy atom. The van der Waals surface area contributed by atoms with Crippen LogP contribution in [0.5, 0.6) is 5.75 Å². The van der Waals surface area contributed by atoms with Gasteiger partial charge in [-0.2, -0.15) is 0 Å². The summed E-state index contributed by atoms with van der Waals surface area (Å²) < 4.78 is 11.8. The van der Waals surface area contributed by atoms with Gasteiger partial charge in [0.25, 0.3) is 5.91 Å². The van der Waals surface area contributed by atoms with Gasteiger partial charge >= 0.3 is 0 Å². The fraction of sp³-hybridized carbons (Fsp3) is 0.226. The van der Waals surface area contributed by atoms with E-state index in [-0.39, 0.29) is 12.5 Å². The molecule has 1 aliphatic rings. The van der Waals surface area contributed by atoms with Crippen molar-refractivity contribution in [1.29, 1.82) is 0 Å². The number of fused-ring (bicyclic) bond motifs is 3. The van der Waals surface area contributed by atoms with Crippen LogP contribution in [-0.4, -0.2) is 17.5 Å². The quantitative estimate of drug-likeness (QED) is 0.273. The first-order chi connectivity index (χ1) is 17.7. The van der Waals surface area contributed by atoms with Gasteiger partial charge in [0.05, 0.1) is 0 Å². The van der Waals surface area contributed by atoms with Gasteiger partial charge in [-0.15, -0.1) is 0 Å². The summed E-state index contributed by atoms with van der Waals surface area (Å²) in [4.78, 5) is 17.3. The molecular formula is C31H28N2O3. The van der Waals surface area contributed by atoms with Gasteiger partial charge in [0.15, 0.2) is 12.2 Å². The maximum Gasteiger partial charge on any atom is 0.262 e. The first kappa shape index (κ1) is 22.4. The summed E-state index contributed by atoms with van der Waals surface area (Å²) in [6.45, 7) is -0.0537. The van der Waals surface area contributed by atoms with E-state index in [1.807, 2.05) is 66.7 Å². The van der Waals surface area contributed by atoms with Crippen molar-refractivity contribution in [2.24, 2.45) is 0 Å². The Morgan fingerprint density at radius 2 is 1.75 bits per heavy atom. The number of hydrogen-bond donors (Lipinski definition) is 1. The molecule has 6 rings (SSSR count). The molecular weight excluding hydrogens is 448 g/mol. The van der Waals surface area contributed by atoms with E-state index in [9.17, 15) is 4.79 Å². The Labute approximate surface area is 210 Å². The largest absolute Gasteiger partial charge is 0.484 e. The zero-order valence-electron chi connectivity index (χ0n) is 20.1. The van der Waals surface area contributed by atoms with Crippen LogP contribution in [0.1, 0.15) is 43.6 Å². The van der Waals surface area contributed by atoms with Crippen LogP contribution in [0.15, 0.2) is 89.3 Å². The number of aromatic nitrogens is 1. The molecule has 0 saturated heterocycles. The summed E-state index contributed by atoms with van der Waals surface area (Å²) in [5, 5.41) is 5.09. The van der Waals surface area contributed by atoms with Gasteiger partial charge in [-0.1, -0.05) is 67.8 Å². The van der Waals surface area contributed by atoms with E-state index < -0.39 is 0 Å². The van der Waals surface area contributed by atoms with E-state index in [0.29, 0.717) is 23.2 Å². The second-order valence-electron chi connectivity index (χ2n) is 9.47. The molecule has 1 amide bonds. The number of ether oxygens (including phenoxy) is 1. The Kier molecular flexibility index (Phi) is 6.12. The molecule has 1 fully saturated rings. The summed E-state index contributed by atoms with van der Waals surface area (Å²) in [6, 6.07) is 27.8. The van der Waals surface area contributed by atoms with Crippen LogP contribution in [-0.2, 0) is 4.79 Å². The molecule has 180 valence electrons. The number of nitrogens with one attached hydrogen (secondary N) is 1. The highest BCUT2D eigenvalue weighted by Gasteiger charge is 2.16. The lowest BCUT2D eigenvalue weighted by atomic mass is 9.84. The summed E-state index contributed by atoms with van der Waals surface area (Å²) in [5.74, 6) is 1.67. The number of carbonyl (C=O) groups is 1. The van der Waals surface area contributed by atoms with Crippen molar-refractivity contribution >= 4 is 33.5 Å². The third kappa shape index (κ3) is 4.69. The fourth-order valence-corrected chi connectivity index (χ4v) is 5.13. The van der Waals surface area contributed by atoms with Crippen LogP contribution >= 0.6 is 0 Å². The van der Waals surface area contributed by atoms with E-state index >= 15 is 0 Å². The molecule has 1 saturated carbocycles. The van der Waals surface area contributed by atoms with Crippen LogP contribution in [0.2, 0.25) is 0 Å². The Bertz CT molecular complexity index is 1510. The lowest BCUT2D eigenvalue weighted by molar-refractivity contribution is -0.118. The molecule has 0 aliphatic heterocycles. The van der Waals surface area contributed by atoms with Crippen LogP contribution in [0.3, 0.4) is 0 Å². The van der Waals surface area contributed by atoms with Crippen LogP contribution < -0.4 is 10.1 Å². The summed E-state index contributed by atoms with van der Waals surface area (Å²) in [6.07, 6.45) is 6.51. The standard InChI is InChI=1S/C31H28N2O3/c34-29(20-35-26-16-13-22(14-17-26)21-7-2-1-3-8-21)32-25-11-6-10-24(19-25)31-33-30-27-12-5-4-9-23(27)15-18-28(30)36-31/h4-6,9-19,21H,1-3,7-8,20H2,(H,32,34). The predicted molar refractivity (Wildman–Crippen MR) is 143 cm³/mol. The monoisotopic (exact) mass is 476 g/mol. The third-order valence-electron chi connectivity index (χ3n) is 7.00. The predicted octanol–water partition coefficient (Wildman–Crippen LogP) is 7.71. The van der Waals surface area contributed by atoms with Crippen molar-refractivity contribution in [1.82, 2.24) is 4.98 Å². The number of nitrogens with zero attached hydrogens (tertiary/aromatic N) is 1. The number of carbonyl (C=O) groups excluding carboxylic acids is 1. The number of hydrogen-bond acceptors (Lipinski definition) is 4. The summed E-state index contributed by atoms with van der Waals surface area (Å²) in [5.41, 5.74) is 4.41. The Hall–Kier alpha value is -4.12. The molecule has 1 aromatic heterocycles. The van der Waals surface area contributed by atoms with Gasteiger partial charge in [0, 0.05) is 16.6 Å². The average molecular weight is 477 g/mol. The summed E-state index contributed by atoms with van der Waals surface area (Å²) >= 11 is 0. The first-order valence-corrected chi connectivity index (χ1v) is 12.6. The second-order valence-corrected chi connectivity index (χ2v) is 9.47. The highest BCUT2D eigenvalue weighted by molar-refractivity contribution is 6.04. The van der Waals surface area contributed by atoms with Crippen molar-refractivity contribution in [2.75, 3.05) is 11.9 Å². The average Bonchev–Trinajstić information content (AvgIpc) is 3.38. The maximum atomic E-state index is 12.6. The molecule has 1 aliphatic carbocycles. The van der Waals surface area contributed by atoms with Gasteiger partial charge in [-0.25, -0.2) is 4.98 Å². The molecule has 5 aromatic rings. The topological polar surface area (TPSA) is 64.4 Å². The molecule has 0 atom stereocenters. The minimum atomic E-state index is -0.216. The molecule has 36 heavy (non-hydrogen) atoms. The molecule has 1 heterocycles. The van der Waals surface area contributed by atoms with Crippen molar-refractivity contribution < 1.29 is 13.9 Å². The van der Waals surface area contributed by atoms with Crippen LogP contribution in [0.25, 0.3) is 33.3 Å². The number of rotatable bonds is 6. The fourth-order valence-electron chi connectivity index (χ4n) is 5.13. The number of anilines is 1. The zero-order chi connectivity index (χ0) is 24.3. The van der Waals surface area contributed by atoms with Gasteiger partial charge in [0.1, 0.15) is 11.3 Å². The number of oxazole rings is 1. The lowest BCUT2D eigenvalue weighted by Gasteiger charge is -2.22. The van der Waals surface area contributed by atoms with Crippen LogP contribution in [0.4, 0.5) is 5.69 Å². The molecule has 0 radical (unpaired) electrons.